The monoisotopic (exact) mass is 353 g/mol. The Morgan fingerprint density at radius 1 is 1.00 bits per heavy atom. The topological polar surface area (TPSA) is 30.5 Å². The summed E-state index contributed by atoms with van der Waals surface area (Å²) >= 11 is 0. The number of rotatable bonds is 5. The first-order valence-electron chi connectivity index (χ1n) is 9.50. The lowest BCUT2D eigenvalue weighted by Crippen LogP contribution is -2.30. The van der Waals surface area contributed by atoms with E-state index in [2.05, 4.69) is 62.5 Å². The number of benzene rings is 2. The van der Waals surface area contributed by atoms with Crippen molar-refractivity contribution in [3.63, 3.8) is 0 Å². The van der Waals surface area contributed by atoms with Gasteiger partial charge < -0.3 is 14.8 Å². The molecule has 0 saturated carbocycles. The van der Waals surface area contributed by atoms with Crippen LogP contribution in [0.2, 0.25) is 0 Å². The minimum atomic E-state index is 0.206. The first kappa shape index (κ1) is 18.8. The van der Waals surface area contributed by atoms with Crippen LogP contribution in [0.15, 0.2) is 36.4 Å². The summed E-state index contributed by atoms with van der Waals surface area (Å²) in [5.74, 6) is 1.64. The second-order valence-corrected chi connectivity index (χ2v) is 8.15. The molecule has 0 radical (unpaired) electrons. The lowest BCUT2D eigenvalue weighted by atomic mass is 9.86. The fraction of sp³-hybridized carbons (Fsp3) is 0.478. The highest BCUT2D eigenvalue weighted by molar-refractivity contribution is 5.49. The van der Waals surface area contributed by atoms with E-state index in [1.54, 1.807) is 14.2 Å². The van der Waals surface area contributed by atoms with Gasteiger partial charge in [0, 0.05) is 6.04 Å². The molecule has 3 rings (SSSR count). The number of hydrogen-bond donors (Lipinski definition) is 1. The Kier molecular flexibility index (Phi) is 5.57. The molecule has 1 unspecified atom stereocenters. The first-order valence-corrected chi connectivity index (χ1v) is 9.50. The van der Waals surface area contributed by atoms with Gasteiger partial charge in [0.25, 0.3) is 0 Å². The number of hydrogen-bond acceptors (Lipinski definition) is 3. The molecule has 3 heteroatoms. The Labute approximate surface area is 157 Å². The van der Waals surface area contributed by atoms with Crippen molar-refractivity contribution in [1.29, 1.82) is 0 Å². The normalized spacial score (nSPS) is 16.9. The average molecular weight is 354 g/mol. The molecule has 1 aliphatic rings. The molecule has 140 valence electrons. The van der Waals surface area contributed by atoms with Crippen LogP contribution in [-0.2, 0) is 18.3 Å². The summed E-state index contributed by atoms with van der Waals surface area (Å²) in [6, 6.07) is 13.7. The quantitative estimate of drug-likeness (QED) is 0.836. The first-order chi connectivity index (χ1) is 12.4. The van der Waals surface area contributed by atoms with E-state index in [0.717, 1.165) is 37.3 Å². The van der Waals surface area contributed by atoms with Crippen LogP contribution in [0.4, 0.5) is 0 Å². The van der Waals surface area contributed by atoms with E-state index in [1.807, 2.05) is 0 Å². The van der Waals surface area contributed by atoms with Gasteiger partial charge in [0.15, 0.2) is 11.5 Å². The average Bonchev–Trinajstić information content (AvgIpc) is 2.64. The van der Waals surface area contributed by atoms with Gasteiger partial charge in [0.05, 0.1) is 14.2 Å². The molecule has 0 fully saturated rings. The summed E-state index contributed by atoms with van der Waals surface area (Å²) in [4.78, 5) is 0. The van der Waals surface area contributed by atoms with E-state index in [0.29, 0.717) is 6.04 Å². The van der Waals surface area contributed by atoms with E-state index in [4.69, 9.17) is 9.47 Å². The van der Waals surface area contributed by atoms with Gasteiger partial charge in [-0.1, -0.05) is 45.0 Å². The second-order valence-electron chi connectivity index (χ2n) is 8.15. The van der Waals surface area contributed by atoms with Crippen molar-refractivity contribution in [2.24, 2.45) is 0 Å². The van der Waals surface area contributed by atoms with Crippen molar-refractivity contribution < 1.29 is 9.47 Å². The Balaban J connectivity index is 1.74. The lowest BCUT2D eigenvalue weighted by molar-refractivity contribution is 0.351. The molecule has 0 spiro atoms. The van der Waals surface area contributed by atoms with Crippen molar-refractivity contribution in [3.05, 3.63) is 58.7 Å². The number of aryl methyl sites for hydroxylation is 1. The van der Waals surface area contributed by atoms with Crippen LogP contribution in [0.3, 0.4) is 0 Å². The standard InChI is InChI=1S/C23H31NO2/c1-23(2,3)18-9-6-16(7-10-18)8-11-20-19-15-22(26-5)21(25-4)14-17(19)12-13-24-20/h6-7,9-10,14-15,20,24H,8,11-13H2,1-5H3. The van der Waals surface area contributed by atoms with Gasteiger partial charge in [-0.2, -0.15) is 0 Å². The van der Waals surface area contributed by atoms with Gasteiger partial charge in [-0.05, 0) is 65.6 Å². The Morgan fingerprint density at radius 3 is 2.27 bits per heavy atom. The number of ether oxygens (including phenoxy) is 2. The number of methoxy groups -OCH3 is 2. The maximum Gasteiger partial charge on any atom is 0.161 e. The third-order valence-electron chi connectivity index (χ3n) is 5.35. The van der Waals surface area contributed by atoms with Gasteiger partial charge >= 0.3 is 0 Å². The zero-order valence-corrected chi connectivity index (χ0v) is 16.7. The van der Waals surface area contributed by atoms with Gasteiger partial charge in [0.2, 0.25) is 0 Å². The molecule has 1 atom stereocenters. The van der Waals surface area contributed by atoms with Crippen molar-refractivity contribution in [1.82, 2.24) is 5.32 Å². The smallest absolute Gasteiger partial charge is 0.161 e. The van der Waals surface area contributed by atoms with E-state index in [1.165, 1.54) is 22.3 Å². The summed E-state index contributed by atoms with van der Waals surface area (Å²) in [7, 11) is 3.40. The van der Waals surface area contributed by atoms with E-state index in [-0.39, 0.29) is 5.41 Å². The lowest BCUT2D eigenvalue weighted by Gasteiger charge is -2.28. The fourth-order valence-corrected chi connectivity index (χ4v) is 3.71. The third-order valence-corrected chi connectivity index (χ3v) is 5.35. The Morgan fingerprint density at radius 2 is 1.65 bits per heavy atom. The highest BCUT2D eigenvalue weighted by Crippen LogP contribution is 2.36. The largest absolute Gasteiger partial charge is 0.493 e. The zero-order valence-electron chi connectivity index (χ0n) is 16.7. The van der Waals surface area contributed by atoms with Crippen LogP contribution in [0, 0.1) is 0 Å². The number of nitrogens with one attached hydrogen (secondary N) is 1. The van der Waals surface area contributed by atoms with Crippen LogP contribution in [-0.4, -0.2) is 20.8 Å². The molecular weight excluding hydrogens is 322 g/mol. The summed E-state index contributed by atoms with van der Waals surface area (Å²) in [6.45, 7) is 7.78. The SMILES string of the molecule is COc1cc2c(cc1OC)C(CCc1ccc(C(C)(C)C)cc1)NCC2. The highest BCUT2D eigenvalue weighted by Gasteiger charge is 2.22. The minimum Gasteiger partial charge on any atom is -0.493 e. The third kappa shape index (κ3) is 4.04. The maximum absolute atomic E-state index is 5.51. The molecule has 1 N–H and O–H groups in total. The van der Waals surface area contributed by atoms with E-state index in [9.17, 15) is 0 Å². The van der Waals surface area contributed by atoms with Gasteiger partial charge in [-0.3, -0.25) is 0 Å². The van der Waals surface area contributed by atoms with Crippen molar-refractivity contribution in [3.8, 4) is 11.5 Å². The van der Waals surface area contributed by atoms with E-state index < -0.39 is 0 Å². The van der Waals surface area contributed by atoms with Gasteiger partial charge in [-0.15, -0.1) is 0 Å². The van der Waals surface area contributed by atoms with Crippen molar-refractivity contribution in [2.45, 2.75) is 51.5 Å². The molecule has 1 aliphatic heterocycles. The van der Waals surface area contributed by atoms with Crippen LogP contribution >= 0.6 is 0 Å². The molecule has 1 heterocycles. The van der Waals surface area contributed by atoms with Crippen LogP contribution in [0.5, 0.6) is 11.5 Å². The van der Waals surface area contributed by atoms with Crippen molar-refractivity contribution >= 4 is 0 Å². The molecular formula is C23H31NO2. The van der Waals surface area contributed by atoms with Crippen LogP contribution in [0.25, 0.3) is 0 Å². The highest BCUT2D eigenvalue weighted by atomic mass is 16.5. The maximum atomic E-state index is 5.51. The molecule has 26 heavy (non-hydrogen) atoms. The Hall–Kier alpha value is -2.00. The molecule has 0 amide bonds. The van der Waals surface area contributed by atoms with Crippen molar-refractivity contribution in [2.75, 3.05) is 20.8 Å². The molecule has 3 nitrogen and oxygen atoms in total. The zero-order chi connectivity index (χ0) is 18.7. The number of fused-ring (bicyclic) bond motifs is 1. The molecule has 0 saturated heterocycles. The Bertz CT molecular complexity index is 744. The molecule has 0 aliphatic carbocycles. The molecule has 0 bridgehead atoms. The fourth-order valence-electron chi connectivity index (χ4n) is 3.71. The van der Waals surface area contributed by atoms with E-state index >= 15 is 0 Å². The summed E-state index contributed by atoms with van der Waals surface area (Å²) in [5, 5.41) is 3.67. The molecule has 0 aromatic heterocycles. The summed E-state index contributed by atoms with van der Waals surface area (Å²) in [5.41, 5.74) is 5.71. The molecule has 2 aromatic rings. The molecule has 2 aromatic carbocycles. The minimum absolute atomic E-state index is 0.206. The van der Waals surface area contributed by atoms with Crippen LogP contribution < -0.4 is 14.8 Å². The van der Waals surface area contributed by atoms with Gasteiger partial charge in [0.1, 0.15) is 0 Å². The predicted octanol–water partition coefficient (Wildman–Crippen LogP) is 4.82. The van der Waals surface area contributed by atoms with Crippen LogP contribution in [0.1, 0.15) is 55.5 Å². The predicted molar refractivity (Wildman–Crippen MR) is 107 cm³/mol. The summed E-state index contributed by atoms with van der Waals surface area (Å²) in [6.07, 6.45) is 3.18. The second kappa shape index (κ2) is 7.71. The van der Waals surface area contributed by atoms with Gasteiger partial charge in [-0.25, -0.2) is 0 Å². The summed E-state index contributed by atoms with van der Waals surface area (Å²) < 4.78 is 11.0.